The summed E-state index contributed by atoms with van der Waals surface area (Å²) < 4.78 is 68.5. The Morgan fingerprint density at radius 3 is 0.723 bits per heavy atom. The first kappa shape index (κ1) is 92.1. The van der Waals surface area contributed by atoms with E-state index in [1.54, 1.807) is 0 Å². The van der Waals surface area contributed by atoms with E-state index >= 15 is 0 Å². The van der Waals surface area contributed by atoms with E-state index in [1.165, 1.54) is 205 Å². The number of ether oxygens (including phenoxy) is 4. The molecule has 5 atom stereocenters. The number of phosphoric ester groups is 2. The molecule has 0 spiro atoms. The van der Waals surface area contributed by atoms with Gasteiger partial charge in [0.2, 0.25) is 0 Å². The second-order valence-corrected chi connectivity index (χ2v) is 30.9. The number of phosphoric acid groups is 2. The summed E-state index contributed by atoms with van der Waals surface area (Å²) >= 11 is 0. The van der Waals surface area contributed by atoms with Gasteiger partial charge in [0, 0.05) is 25.7 Å². The third-order valence-electron chi connectivity index (χ3n) is 17.5. The SMILES string of the molecule is CCCCCCCCCCCCCCCCCCCCCC(=O)O[C@H](COC(=O)CCCCCCCCCCCCCCC)COP(=O)(O)OC[C@@H](O)COP(=O)(O)OC[C@@H](COC(=O)CCCCCCCCCCC(C)C)OC(=O)CCCCCCCCCCC(C)C. The van der Waals surface area contributed by atoms with Gasteiger partial charge in [0.25, 0.3) is 0 Å². The van der Waals surface area contributed by atoms with E-state index in [2.05, 4.69) is 41.5 Å². The van der Waals surface area contributed by atoms with Gasteiger partial charge in [-0.25, -0.2) is 9.13 Å². The molecule has 19 heteroatoms. The maximum atomic E-state index is 13.1. The fourth-order valence-electron chi connectivity index (χ4n) is 11.5. The standard InChI is InChI=1S/C75H146O17P2/c1-7-9-11-13-15-17-19-21-22-23-24-25-26-28-30-32-41-47-53-59-74(79)91-70(63-85-72(77)57-51-45-39-31-29-27-20-18-16-14-12-10-8-2)65-89-93(81,82)87-61-69(76)62-88-94(83,84)90-66-71(92-75(80)60-54-48-42-36-34-38-44-50-56-68(5)6)64-86-73(78)58-52-46-40-35-33-37-43-49-55-67(3)4/h67-71,76H,7-66H2,1-6H3,(H,81,82)(H,83,84)/t69-,70-,71-/m1/s1. The molecular weight excluding hydrogens is 1230 g/mol. The average molecular weight is 1380 g/mol. The van der Waals surface area contributed by atoms with Crippen molar-refractivity contribution in [2.75, 3.05) is 39.6 Å². The molecule has 0 aliphatic carbocycles. The van der Waals surface area contributed by atoms with E-state index in [1.807, 2.05) is 0 Å². The Morgan fingerprint density at radius 1 is 0.287 bits per heavy atom. The van der Waals surface area contributed by atoms with Gasteiger partial charge < -0.3 is 33.8 Å². The first-order valence-corrected chi connectivity index (χ1v) is 42.0. The summed E-state index contributed by atoms with van der Waals surface area (Å²) in [5.41, 5.74) is 0. The molecule has 558 valence electrons. The van der Waals surface area contributed by atoms with Crippen LogP contribution in [0.1, 0.15) is 388 Å². The fraction of sp³-hybridized carbons (Fsp3) is 0.947. The molecule has 0 rings (SSSR count). The minimum Gasteiger partial charge on any atom is -0.462 e. The van der Waals surface area contributed by atoms with E-state index in [-0.39, 0.29) is 25.7 Å². The zero-order chi connectivity index (χ0) is 69.3. The van der Waals surface area contributed by atoms with E-state index in [0.717, 1.165) is 102 Å². The highest BCUT2D eigenvalue weighted by Gasteiger charge is 2.30. The summed E-state index contributed by atoms with van der Waals surface area (Å²) in [6.07, 6.45) is 54.2. The maximum Gasteiger partial charge on any atom is 0.472 e. The van der Waals surface area contributed by atoms with Crippen molar-refractivity contribution in [2.24, 2.45) is 11.8 Å². The van der Waals surface area contributed by atoms with Crippen molar-refractivity contribution in [3.05, 3.63) is 0 Å². The Labute approximate surface area is 575 Å². The van der Waals surface area contributed by atoms with Crippen molar-refractivity contribution in [2.45, 2.75) is 407 Å². The van der Waals surface area contributed by atoms with E-state index in [0.29, 0.717) is 25.7 Å². The van der Waals surface area contributed by atoms with Crippen molar-refractivity contribution in [1.82, 2.24) is 0 Å². The summed E-state index contributed by atoms with van der Waals surface area (Å²) in [5.74, 6) is -0.674. The van der Waals surface area contributed by atoms with Crippen molar-refractivity contribution in [1.29, 1.82) is 0 Å². The minimum absolute atomic E-state index is 0.104. The van der Waals surface area contributed by atoms with Crippen LogP contribution < -0.4 is 0 Å². The van der Waals surface area contributed by atoms with E-state index in [9.17, 15) is 43.2 Å². The van der Waals surface area contributed by atoms with Crippen molar-refractivity contribution in [3.8, 4) is 0 Å². The number of aliphatic hydroxyl groups is 1. The Kier molecular flexibility index (Phi) is 65.5. The molecule has 0 fully saturated rings. The summed E-state index contributed by atoms with van der Waals surface area (Å²) in [4.78, 5) is 72.7. The van der Waals surface area contributed by atoms with Crippen molar-refractivity contribution in [3.63, 3.8) is 0 Å². The smallest absolute Gasteiger partial charge is 0.462 e. The van der Waals surface area contributed by atoms with Crippen LogP contribution in [0.2, 0.25) is 0 Å². The third-order valence-corrected chi connectivity index (χ3v) is 19.4. The molecule has 0 aromatic rings. The van der Waals surface area contributed by atoms with Crippen LogP contribution in [-0.4, -0.2) is 96.7 Å². The molecule has 0 radical (unpaired) electrons. The molecule has 0 amide bonds. The minimum atomic E-state index is -4.96. The van der Waals surface area contributed by atoms with Gasteiger partial charge in [-0.2, -0.15) is 0 Å². The zero-order valence-electron chi connectivity index (χ0n) is 61.3. The second-order valence-electron chi connectivity index (χ2n) is 28.0. The second kappa shape index (κ2) is 66.9. The Bertz CT molecular complexity index is 1820. The topological polar surface area (TPSA) is 237 Å². The number of hydrogen-bond donors (Lipinski definition) is 3. The van der Waals surface area contributed by atoms with Crippen LogP contribution >= 0.6 is 15.6 Å². The third kappa shape index (κ3) is 68.6. The number of carbonyl (C=O) groups is 4. The summed E-state index contributed by atoms with van der Waals surface area (Å²) in [6.45, 7) is 9.51. The number of carbonyl (C=O) groups excluding carboxylic acids is 4. The molecule has 17 nitrogen and oxygen atoms in total. The summed E-state index contributed by atoms with van der Waals surface area (Å²) in [5, 5.41) is 10.6. The Balaban J connectivity index is 5.22. The lowest BCUT2D eigenvalue weighted by Gasteiger charge is -2.21. The Morgan fingerprint density at radius 2 is 0.489 bits per heavy atom. The molecule has 94 heavy (non-hydrogen) atoms. The fourth-order valence-corrected chi connectivity index (χ4v) is 13.1. The van der Waals surface area contributed by atoms with Crippen molar-refractivity contribution >= 4 is 39.5 Å². The molecule has 3 N–H and O–H groups in total. The summed E-state index contributed by atoms with van der Waals surface area (Å²) in [7, 11) is -9.91. The van der Waals surface area contributed by atoms with Crippen LogP contribution in [0.3, 0.4) is 0 Å². The molecule has 0 saturated carbocycles. The molecule has 0 aliphatic rings. The number of rotatable bonds is 74. The molecule has 0 heterocycles. The predicted molar refractivity (Wildman–Crippen MR) is 381 cm³/mol. The number of aliphatic hydroxyl groups excluding tert-OH is 1. The molecular formula is C75H146O17P2. The monoisotopic (exact) mass is 1380 g/mol. The molecule has 0 saturated heterocycles. The highest BCUT2D eigenvalue weighted by molar-refractivity contribution is 7.47. The van der Waals surface area contributed by atoms with Gasteiger partial charge in [-0.1, -0.05) is 337 Å². The van der Waals surface area contributed by atoms with Crippen LogP contribution in [0.15, 0.2) is 0 Å². The van der Waals surface area contributed by atoms with Gasteiger partial charge in [-0.3, -0.25) is 37.3 Å². The molecule has 0 aromatic heterocycles. The zero-order valence-corrected chi connectivity index (χ0v) is 63.1. The summed E-state index contributed by atoms with van der Waals surface area (Å²) in [6, 6.07) is 0. The molecule has 0 bridgehead atoms. The largest absolute Gasteiger partial charge is 0.472 e. The van der Waals surface area contributed by atoms with Crippen LogP contribution in [0, 0.1) is 11.8 Å². The van der Waals surface area contributed by atoms with Crippen LogP contribution in [0.25, 0.3) is 0 Å². The van der Waals surface area contributed by atoms with Gasteiger partial charge in [0.15, 0.2) is 12.2 Å². The van der Waals surface area contributed by atoms with Gasteiger partial charge in [0.1, 0.15) is 19.3 Å². The van der Waals surface area contributed by atoms with Gasteiger partial charge in [-0.05, 0) is 37.5 Å². The first-order chi connectivity index (χ1) is 45.4. The lowest BCUT2D eigenvalue weighted by atomic mass is 10.0. The quantitative estimate of drug-likeness (QED) is 0.0222. The molecule has 0 aromatic carbocycles. The van der Waals surface area contributed by atoms with Gasteiger partial charge >= 0.3 is 39.5 Å². The number of unbranched alkanes of at least 4 members (excludes halogenated alkanes) is 44. The lowest BCUT2D eigenvalue weighted by molar-refractivity contribution is -0.161. The number of esters is 4. The molecule has 0 aliphatic heterocycles. The van der Waals surface area contributed by atoms with Crippen molar-refractivity contribution < 1.29 is 80.2 Å². The predicted octanol–water partition coefficient (Wildman–Crippen LogP) is 21.9. The molecule has 2 unspecified atom stereocenters. The lowest BCUT2D eigenvalue weighted by Crippen LogP contribution is -2.30. The highest BCUT2D eigenvalue weighted by atomic mass is 31.2. The van der Waals surface area contributed by atoms with E-state index in [4.69, 9.17) is 37.0 Å². The first-order valence-electron chi connectivity index (χ1n) is 39.0. The average Bonchev–Trinajstić information content (AvgIpc) is 3.46. The highest BCUT2D eigenvalue weighted by Crippen LogP contribution is 2.45. The van der Waals surface area contributed by atoms with Crippen LogP contribution in [-0.2, 0) is 65.4 Å². The van der Waals surface area contributed by atoms with Gasteiger partial charge in [0.05, 0.1) is 26.4 Å². The Hall–Kier alpha value is -1.94. The van der Waals surface area contributed by atoms with E-state index < -0.39 is 97.5 Å². The number of hydrogen-bond acceptors (Lipinski definition) is 15. The normalized spacial score (nSPS) is 14.0. The van der Waals surface area contributed by atoms with Crippen LogP contribution in [0.4, 0.5) is 0 Å². The van der Waals surface area contributed by atoms with Gasteiger partial charge in [-0.15, -0.1) is 0 Å². The maximum absolute atomic E-state index is 13.1. The van der Waals surface area contributed by atoms with Crippen LogP contribution in [0.5, 0.6) is 0 Å².